The molecular formula is C15H24N2O2. The molecule has 1 aliphatic heterocycles. The summed E-state index contributed by atoms with van der Waals surface area (Å²) < 4.78 is 10.6. The average molecular weight is 264 g/mol. The van der Waals surface area contributed by atoms with E-state index in [2.05, 4.69) is 36.2 Å². The summed E-state index contributed by atoms with van der Waals surface area (Å²) in [5.41, 5.74) is 1.26. The van der Waals surface area contributed by atoms with E-state index in [0.717, 1.165) is 31.1 Å². The van der Waals surface area contributed by atoms with Crippen LogP contribution < -0.4 is 14.8 Å². The lowest BCUT2D eigenvalue weighted by molar-refractivity contribution is 0.130. The summed E-state index contributed by atoms with van der Waals surface area (Å²) in [7, 11) is 3.34. The average Bonchev–Trinajstić information content (AvgIpc) is 2.43. The van der Waals surface area contributed by atoms with Gasteiger partial charge < -0.3 is 14.8 Å². The molecule has 1 aliphatic rings. The summed E-state index contributed by atoms with van der Waals surface area (Å²) in [6, 6.07) is 7.24. The van der Waals surface area contributed by atoms with Gasteiger partial charge in [-0.3, -0.25) is 4.90 Å². The fraction of sp³-hybridized carbons (Fsp3) is 0.600. The number of nitrogens with one attached hydrogen (secondary N) is 1. The Labute approximate surface area is 115 Å². The zero-order chi connectivity index (χ0) is 13.8. The Kier molecular flexibility index (Phi) is 4.66. The van der Waals surface area contributed by atoms with Gasteiger partial charge >= 0.3 is 0 Å². The van der Waals surface area contributed by atoms with Crippen LogP contribution >= 0.6 is 0 Å². The van der Waals surface area contributed by atoms with Gasteiger partial charge in [0.1, 0.15) is 0 Å². The maximum atomic E-state index is 5.36. The van der Waals surface area contributed by atoms with Crippen molar-refractivity contribution in [2.24, 2.45) is 0 Å². The molecule has 2 atom stereocenters. The smallest absolute Gasteiger partial charge is 0.161 e. The second-order valence-corrected chi connectivity index (χ2v) is 5.14. The molecule has 1 N–H and O–H groups in total. The van der Waals surface area contributed by atoms with Crippen molar-refractivity contribution in [3.05, 3.63) is 23.8 Å². The van der Waals surface area contributed by atoms with Gasteiger partial charge in [-0.1, -0.05) is 6.07 Å². The van der Waals surface area contributed by atoms with Crippen LogP contribution in [-0.4, -0.2) is 44.3 Å². The molecule has 0 amide bonds. The Morgan fingerprint density at radius 3 is 2.63 bits per heavy atom. The lowest BCUT2D eigenvalue weighted by Gasteiger charge is -2.38. The summed E-state index contributed by atoms with van der Waals surface area (Å²) in [6.07, 6.45) is 0. The molecule has 1 saturated heterocycles. The number of hydrogen-bond donors (Lipinski definition) is 1. The van der Waals surface area contributed by atoms with Crippen LogP contribution in [0.5, 0.6) is 11.5 Å². The van der Waals surface area contributed by atoms with Crippen molar-refractivity contribution >= 4 is 0 Å². The number of ether oxygens (including phenoxy) is 2. The molecular weight excluding hydrogens is 240 g/mol. The van der Waals surface area contributed by atoms with Gasteiger partial charge in [-0.15, -0.1) is 0 Å². The minimum atomic E-state index is 0.536. The summed E-state index contributed by atoms with van der Waals surface area (Å²) in [5.74, 6) is 1.59. The number of benzene rings is 1. The van der Waals surface area contributed by atoms with Crippen LogP contribution in [0, 0.1) is 0 Å². The quantitative estimate of drug-likeness (QED) is 0.900. The third-order valence-electron chi connectivity index (χ3n) is 4.00. The normalized spacial score (nSPS) is 24.2. The molecule has 1 aromatic rings. The Hall–Kier alpha value is -1.26. The fourth-order valence-electron chi connectivity index (χ4n) is 2.56. The highest BCUT2D eigenvalue weighted by atomic mass is 16.5. The zero-order valence-electron chi connectivity index (χ0n) is 12.3. The van der Waals surface area contributed by atoms with E-state index in [4.69, 9.17) is 9.47 Å². The molecule has 0 saturated carbocycles. The fourth-order valence-corrected chi connectivity index (χ4v) is 2.56. The second kappa shape index (κ2) is 6.26. The van der Waals surface area contributed by atoms with Gasteiger partial charge in [0, 0.05) is 31.7 Å². The Morgan fingerprint density at radius 1 is 1.21 bits per heavy atom. The monoisotopic (exact) mass is 264 g/mol. The third kappa shape index (κ3) is 3.19. The van der Waals surface area contributed by atoms with Crippen molar-refractivity contribution < 1.29 is 9.47 Å². The van der Waals surface area contributed by atoms with E-state index in [9.17, 15) is 0 Å². The molecule has 19 heavy (non-hydrogen) atoms. The van der Waals surface area contributed by atoms with Crippen molar-refractivity contribution in [1.29, 1.82) is 0 Å². The first-order valence-corrected chi connectivity index (χ1v) is 6.84. The maximum absolute atomic E-state index is 5.36. The number of piperazine rings is 1. The highest BCUT2D eigenvalue weighted by Gasteiger charge is 2.24. The van der Waals surface area contributed by atoms with Crippen LogP contribution in [0.3, 0.4) is 0 Å². The van der Waals surface area contributed by atoms with Gasteiger partial charge in [-0.2, -0.15) is 0 Å². The molecule has 2 unspecified atom stereocenters. The molecule has 0 aliphatic carbocycles. The molecule has 0 spiro atoms. The first-order valence-electron chi connectivity index (χ1n) is 6.84. The molecule has 0 aromatic heterocycles. The predicted octanol–water partition coefficient (Wildman–Crippen LogP) is 1.89. The number of rotatable bonds is 4. The van der Waals surface area contributed by atoms with Gasteiger partial charge in [-0.05, 0) is 31.5 Å². The van der Waals surface area contributed by atoms with E-state index in [1.54, 1.807) is 14.2 Å². The van der Waals surface area contributed by atoms with E-state index in [0.29, 0.717) is 12.1 Å². The highest BCUT2D eigenvalue weighted by molar-refractivity contribution is 5.42. The maximum Gasteiger partial charge on any atom is 0.161 e. The van der Waals surface area contributed by atoms with Crippen molar-refractivity contribution in [3.8, 4) is 11.5 Å². The van der Waals surface area contributed by atoms with Crippen LogP contribution in [0.4, 0.5) is 0 Å². The Balaban J connectivity index is 2.10. The van der Waals surface area contributed by atoms with Gasteiger partial charge in [0.15, 0.2) is 11.5 Å². The molecule has 0 bridgehead atoms. The van der Waals surface area contributed by atoms with E-state index >= 15 is 0 Å². The molecule has 0 radical (unpaired) electrons. The summed E-state index contributed by atoms with van der Waals surface area (Å²) in [6.45, 7) is 7.61. The van der Waals surface area contributed by atoms with Crippen LogP contribution in [-0.2, 0) is 6.54 Å². The Morgan fingerprint density at radius 2 is 1.95 bits per heavy atom. The van der Waals surface area contributed by atoms with Crippen LogP contribution in [0.2, 0.25) is 0 Å². The first kappa shape index (κ1) is 14.2. The van der Waals surface area contributed by atoms with E-state index in [-0.39, 0.29) is 0 Å². The number of hydrogen-bond acceptors (Lipinski definition) is 4. The van der Waals surface area contributed by atoms with Gasteiger partial charge in [-0.25, -0.2) is 0 Å². The molecule has 106 valence electrons. The SMILES string of the molecule is COc1ccc(CN2CCNC(C)C2C)cc1OC. The van der Waals surface area contributed by atoms with Crippen molar-refractivity contribution in [3.63, 3.8) is 0 Å². The van der Waals surface area contributed by atoms with E-state index in [1.165, 1.54) is 5.56 Å². The zero-order valence-corrected chi connectivity index (χ0v) is 12.3. The van der Waals surface area contributed by atoms with Gasteiger partial charge in [0.25, 0.3) is 0 Å². The molecule has 1 aromatic carbocycles. The van der Waals surface area contributed by atoms with Gasteiger partial charge in [0.05, 0.1) is 14.2 Å². The largest absolute Gasteiger partial charge is 0.493 e. The summed E-state index contributed by atoms with van der Waals surface area (Å²) in [5, 5.41) is 3.50. The minimum absolute atomic E-state index is 0.536. The van der Waals surface area contributed by atoms with Crippen LogP contribution in [0.1, 0.15) is 19.4 Å². The summed E-state index contributed by atoms with van der Waals surface area (Å²) >= 11 is 0. The molecule has 1 heterocycles. The first-order chi connectivity index (χ1) is 9.15. The third-order valence-corrected chi connectivity index (χ3v) is 4.00. The predicted molar refractivity (Wildman–Crippen MR) is 76.9 cm³/mol. The van der Waals surface area contributed by atoms with E-state index in [1.807, 2.05) is 6.07 Å². The molecule has 1 fully saturated rings. The van der Waals surface area contributed by atoms with Crippen molar-refractivity contribution in [2.75, 3.05) is 27.3 Å². The Bertz CT molecular complexity index is 423. The van der Waals surface area contributed by atoms with Crippen molar-refractivity contribution in [1.82, 2.24) is 10.2 Å². The molecule has 2 rings (SSSR count). The van der Waals surface area contributed by atoms with Crippen LogP contribution in [0.25, 0.3) is 0 Å². The highest BCUT2D eigenvalue weighted by Crippen LogP contribution is 2.28. The lowest BCUT2D eigenvalue weighted by Crippen LogP contribution is -2.54. The summed E-state index contributed by atoms with van der Waals surface area (Å²) in [4.78, 5) is 2.50. The molecule has 4 heteroatoms. The number of methoxy groups -OCH3 is 2. The second-order valence-electron chi connectivity index (χ2n) is 5.14. The number of nitrogens with zero attached hydrogens (tertiary/aromatic N) is 1. The van der Waals surface area contributed by atoms with E-state index < -0.39 is 0 Å². The minimum Gasteiger partial charge on any atom is -0.493 e. The van der Waals surface area contributed by atoms with Gasteiger partial charge in [0.2, 0.25) is 0 Å². The van der Waals surface area contributed by atoms with Crippen molar-refractivity contribution in [2.45, 2.75) is 32.5 Å². The lowest BCUT2D eigenvalue weighted by atomic mass is 10.1. The standard InChI is InChI=1S/C15H24N2O2/c1-11-12(2)17(8-7-16-11)10-13-5-6-14(18-3)15(9-13)19-4/h5-6,9,11-12,16H,7-8,10H2,1-4H3. The van der Waals surface area contributed by atoms with Crippen LogP contribution in [0.15, 0.2) is 18.2 Å². The molecule has 4 nitrogen and oxygen atoms in total. The topological polar surface area (TPSA) is 33.7 Å².